The van der Waals surface area contributed by atoms with E-state index in [1.165, 1.54) is 0 Å². The fraction of sp³-hybridized carbons (Fsp3) is 0.333. The molecule has 0 aliphatic carbocycles. The summed E-state index contributed by atoms with van der Waals surface area (Å²) in [5, 5.41) is 14.3. The Morgan fingerprint density at radius 2 is 2.28 bits per heavy atom. The predicted molar refractivity (Wildman–Crippen MR) is 67.4 cm³/mol. The molecule has 0 saturated heterocycles. The van der Waals surface area contributed by atoms with E-state index in [2.05, 4.69) is 10.6 Å². The Hall–Kier alpha value is -2.08. The molecule has 1 aromatic carbocycles. The van der Waals surface area contributed by atoms with Crippen LogP contribution in [0, 0.1) is 0 Å². The molecule has 0 saturated carbocycles. The molecule has 3 N–H and O–H groups in total. The highest BCUT2D eigenvalue weighted by Crippen LogP contribution is 2.27. The lowest BCUT2D eigenvalue weighted by atomic mass is 10.2. The summed E-state index contributed by atoms with van der Waals surface area (Å²) < 4.78 is 5.48. The van der Waals surface area contributed by atoms with Gasteiger partial charge in [-0.2, -0.15) is 0 Å². The third kappa shape index (κ3) is 4.06. The van der Waals surface area contributed by atoms with Crippen molar-refractivity contribution in [3.8, 4) is 5.75 Å². The van der Waals surface area contributed by atoms with Crippen LogP contribution in [-0.2, 0) is 4.79 Å². The first-order valence-corrected chi connectivity index (χ1v) is 5.50. The maximum atomic E-state index is 10.9. The van der Waals surface area contributed by atoms with Crippen LogP contribution in [0.15, 0.2) is 18.2 Å². The smallest absolute Gasteiger partial charge is 0.322 e. The molecule has 6 heteroatoms. The molecule has 0 aromatic heterocycles. The Bertz CT molecular complexity index is 421. The molecule has 0 heterocycles. The van der Waals surface area contributed by atoms with Crippen LogP contribution in [-0.4, -0.2) is 44.1 Å². The minimum atomic E-state index is -0.979. The van der Waals surface area contributed by atoms with Crippen molar-refractivity contribution in [2.24, 2.45) is 0 Å². The van der Waals surface area contributed by atoms with Crippen molar-refractivity contribution in [2.75, 3.05) is 32.1 Å². The van der Waals surface area contributed by atoms with Crippen molar-refractivity contribution in [3.63, 3.8) is 0 Å². The number of benzene rings is 1. The zero-order chi connectivity index (χ0) is 13.4. The van der Waals surface area contributed by atoms with Crippen molar-refractivity contribution in [1.82, 2.24) is 5.32 Å². The summed E-state index contributed by atoms with van der Waals surface area (Å²) >= 11 is 0. The zero-order valence-corrected chi connectivity index (χ0v) is 10.1. The van der Waals surface area contributed by atoms with Crippen molar-refractivity contribution in [2.45, 2.75) is 0 Å². The van der Waals surface area contributed by atoms with Gasteiger partial charge in [-0.05, 0) is 19.2 Å². The molecule has 1 aromatic rings. The molecule has 0 radical (unpaired) electrons. The molecular weight excluding hydrogens is 236 g/mol. The highest BCUT2D eigenvalue weighted by atomic mass is 16.5. The van der Waals surface area contributed by atoms with Crippen molar-refractivity contribution >= 4 is 17.9 Å². The van der Waals surface area contributed by atoms with Gasteiger partial charge in [0, 0.05) is 6.54 Å². The summed E-state index contributed by atoms with van der Waals surface area (Å²) in [6.45, 7) is 0.791. The van der Waals surface area contributed by atoms with Gasteiger partial charge in [0.1, 0.15) is 13.2 Å². The lowest BCUT2D eigenvalue weighted by Gasteiger charge is -2.14. The van der Waals surface area contributed by atoms with Gasteiger partial charge in [-0.3, -0.25) is 9.59 Å². The summed E-state index contributed by atoms with van der Waals surface area (Å²) in [5.41, 5.74) is 0.889. The average Bonchev–Trinajstić information content (AvgIpc) is 2.37. The number of hydrogen-bond acceptors (Lipinski definition) is 5. The number of aldehydes is 1. The first-order chi connectivity index (χ1) is 8.69. The van der Waals surface area contributed by atoms with Gasteiger partial charge in [0.25, 0.3) is 0 Å². The average molecular weight is 252 g/mol. The van der Waals surface area contributed by atoms with E-state index >= 15 is 0 Å². The van der Waals surface area contributed by atoms with Gasteiger partial charge in [0.15, 0.2) is 12.0 Å². The standard InChI is InChI=1S/C12H16N2O4/c1-13-5-6-18-12-9(8-15)3-2-4-10(12)14-7-11(16)17/h2-4,8,13-14H,5-7H2,1H3,(H,16,17). The number of carbonyl (C=O) groups is 2. The molecule has 0 unspecified atom stereocenters. The van der Waals surface area contributed by atoms with E-state index in [-0.39, 0.29) is 6.54 Å². The zero-order valence-electron chi connectivity index (χ0n) is 10.1. The summed E-state index contributed by atoms with van der Waals surface area (Å²) in [6, 6.07) is 4.96. The highest BCUT2D eigenvalue weighted by molar-refractivity contribution is 5.84. The van der Waals surface area contributed by atoms with Crippen molar-refractivity contribution in [1.29, 1.82) is 0 Å². The summed E-state index contributed by atoms with van der Waals surface area (Å²) in [7, 11) is 1.79. The number of carbonyl (C=O) groups excluding carboxylic acids is 1. The summed E-state index contributed by atoms with van der Waals surface area (Å²) in [6.07, 6.45) is 0.681. The maximum absolute atomic E-state index is 10.9. The van der Waals surface area contributed by atoms with Crippen LogP contribution < -0.4 is 15.4 Å². The second kappa shape index (κ2) is 7.29. The van der Waals surface area contributed by atoms with Crippen LogP contribution in [0.4, 0.5) is 5.69 Å². The molecule has 98 valence electrons. The van der Waals surface area contributed by atoms with E-state index in [1.54, 1.807) is 25.2 Å². The molecule has 0 amide bonds. The molecule has 0 atom stereocenters. The van der Waals surface area contributed by atoms with Gasteiger partial charge < -0.3 is 20.5 Å². The highest BCUT2D eigenvalue weighted by Gasteiger charge is 2.10. The first-order valence-electron chi connectivity index (χ1n) is 5.50. The number of likely N-dealkylation sites (N-methyl/N-ethyl adjacent to an activating group) is 1. The van der Waals surface area contributed by atoms with Crippen molar-refractivity contribution < 1.29 is 19.4 Å². The number of hydrogen-bond donors (Lipinski definition) is 3. The fourth-order valence-corrected chi connectivity index (χ4v) is 1.37. The third-order valence-corrected chi connectivity index (χ3v) is 2.20. The van der Waals surface area contributed by atoms with E-state index < -0.39 is 5.97 Å². The molecule has 1 rings (SSSR count). The second-order valence-corrected chi connectivity index (χ2v) is 3.54. The molecule has 6 nitrogen and oxygen atoms in total. The van der Waals surface area contributed by atoms with E-state index in [0.29, 0.717) is 36.4 Å². The normalized spacial score (nSPS) is 9.83. The van der Waals surface area contributed by atoms with Crippen LogP contribution >= 0.6 is 0 Å². The quantitative estimate of drug-likeness (QED) is 0.464. The molecular formula is C12H16N2O4. The number of carboxylic acid groups (broad SMARTS) is 1. The minimum absolute atomic E-state index is 0.231. The third-order valence-electron chi connectivity index (χ3n) is 2.20. The van der Waals surface area contributed by atoms with E-state index in [1.807, 2.05) is 0 Å². The van der Waals surface area contributed by atoms with Gasteiger partial charge >= 0.3 is 5.97 Å². The predicted octanol–water partition coefficient (Wildman–Crippen LogP) is 0.594. The number of para-hydroxylation sites is 1. The lowest BCUT2D eigenvalue weighted by Crippen LogP contribution is -2.18. The molecule has 0 aliphatic rings. The molecule has 0 aliphatic heterocycles. The molecule has 18 heavy (non-hydrogen) atoms. The molecule has 0 spiro atoms. The van der Waals surface area contributed by atoms with Crippen LogP contribution in [0.5, 0.6) is 5.75 Å². The topological polar surface area (TPSA) is 87.7 Å². The van der Waals surface area contributed by atoms with Crippen LogP contribution in [0.3, 0.4) is 0 Å². The van der Waals surface area contributed by atoms with Gasteiger partial charge in [-0.15, -0.1) is 0 Å². The Balaban J connectivity index is 2.85. The number of aliphatic carboxylic acids is 1. The van der Waals surface area contributed by atoms with E-state index in [0.717, 1.165) is 0 Å². The SMILES string of the molecule is CNCCOc1c(C=O)cccc1NCC(=O)O. The van der Waals surface area contributed by atoms with E-state index in [4.69, 9.17) is 9.84 Å². The number of anilines is 1. The number of ether oxygens (including phenoxy) is 1. The van der Waals surface area contributed by atoms with Gasteiger partial charge in [-0.1, -0.05) is 6.07 Å². The number of rotatable bonds is 8. The minimum Gasteiger partial charge on any atom is -0.489 e. The Kier molecular flexibility index (Phi) is 5.66. The van der Waals surface area contributed by atoms with Crippen LogP contribution in [0.2, 0.25) is 0 Å². The lowest BCUT2D eigenvalue weighted by molar-refractivity contribution is -0.134. The fourth-order valence-electron chi connectivity index (χ4n) is 1.37. The van der Waals surface area contributed by atoms with Gasteiger partial charge in [-0.25, -0.2) is 0 Å². The summed E-state index contributed by atoms with van der Waals surface area (Å²) in [5.74, 6) is -0.600. The number of nitrogens with one attached hydrogen (secondary N) is 2. The van der Waals surface area contributed by atoms with Crippen LogP contribution in [0.1, 0.15) is 10.4 Å². The first kappa shape index (κ1) is 14.0. The van der Waals surface area contributed by atoms with Crippen LogP contribution in [0.25, 0.3) is 0 Å². The maximum Gasteiger partial charge on any atom is 0.322 e. The Morgan fingerprint density at radius 3 is 2.89 bits per heavy atom. The number of carboxylic acids is 1. The largest absolute Gasteiger partial charge is 0.489 e. The van der Waals surface area contributed by atoms with Gasteiger partial charge in [0.05, 0.1) is 11.3 Å². The van der Waals surface area contributed by atoms with Crippen molar-refractivity contribution in [3.05, 3.63) is 23.8 Å². The van der Waals surface area contributed by atoms with Gasteiger partial charge in [0.2, 0.25) is 0 Å². The summed E-state index contributed by atoms with van der Waals surface area (Å²) in [4.78, 5) is 21.4. The van der Waals surface area contributed by atoms with E-state index in [9.17, 15) is 9.59 Å². The Morgan fingerprint density at radius 1 is 1.50 bits per heavy atom. The molecule has 0 bridgehead atoms. The second-order valence-electron chi connectivity index (χ2n) is 3.54. The Labute approximate surface area is 105 Å². The monoisotopic (exact) mass is 252 g/mol. The molecule has 0 fully saturated rings.